The van der Waals surface area contributed by atoms with Crippen LogP contribution in [0.2, 0.25) is 0 Å². The van der Waals surface area contributed by atoms with Gasteiger partial charge < -0.3 is 14.6 Å². The third-order valence-corrected chi connectivity index (χ3v) is 5.19. The van der Waals surface area contributed by atoms with E-state index in [0.717, 1.165) is 31.2 Å². The summed E-state index contributed by atoms with van der Waals surface area (Å²) in [6.45, 7) is 14.4. The summed E-state index contributed by atoms with van der Waals surface area (Å²) in [6, 6.07) is 7.46. The monoisotopic (exact) mass is 438 g/mol. The van der Waals surface area contributed by atoms with Gasteiger partial charge in [-0.15, -0.1) is 0 Å². The third kappa shape index (κ3) is 14.4. The highest BCUT2D eigenvalue weighted by molar-refractivity contribution is 5.89. The van der Waals surface area contributed by atoms with Gasteiger partial charge in [0, 0.05) is 12.3 Å². The molecule has 0 spiro atoms. The molecule has 6 heteroatoms. The molecule has 0 aromatic heterocycles. The number of carbonyl (C=O) groups excluding carboxylic acids is 3. The van der Waals surface area contributed by atoms with Crippen molar-refractivity contribution in [2.24, 2.45) is 5.92 Å². The first-order valence-electron chi connectivity index (χ1n) is 11.2. The molecule has 0 saturated carbocycles. The van der Waals surface area contributed by atoms with Gasteiger partial charge in [-0.05, 0) is 51.7 Å². The molecule has 1 N–H and O–H groups in total. The van der Waals surface area contributed by atoms with E-state index in [2.05, 4.69) is 18.6 Å². The molecule has 0 aliphatic heterocycles. The normalized spacial score (nSPS) is 10.2. The first-order chi connectivity index (χ1) is 14.7. The molecule has 178 valence electrons. The van der Waals surface area contributed by atoms with E-state index in [1.54, 1.807) is 0 Å². The van der Waals surface area contributed by atoms with E-state index in [0.29, 0.717) is 30.2 Å². The Kier molecular flexibility index (Phi) is 18.5. The molecule has 1 rings (SSSR count). The first-order valence-corrected chi connectivity index (χ1v) is 11.2. The van der Waals surface area contributed by atoms with Gasteiger partial charge in [-0.3, -0.25) is 9.59 Å². The molecule has 1 aromatic carbocycles. The van der Waals surface area contributed by atoms with Crippen LogP contribution in [0.15, 0.2) is 24.3 Å². The molecule has 0 atom stereocenters. The fourth-order valence-electron chi connectivity index (χ4n) is 2.50. The van der Waals surface area contributed by atoms with Crippen LogP contribution in [0, 0.1) is 12.8 Å². The number of hydrogen-bond donors (Lipinski definition) is 1. The minimum Gasteiger partial charge on any atom is -0.465 e. The maximum atomic E-state index is 11.9. The minimum atomic E-state index is -0.345. The topological polar surface area (TPSA) is 89.9 Å². The fraction of sp³-hybridized carbons (Fsp3) is 0.640. The van der Waals surface area contributed by atoms with Crippen molar-refractivity contribution in [2.45, 2.75) is 86.2 Å². The molecule has 31 heavy (non-hydrogen) atoms. The highest BCUT2D eigenvalue weighted by Gasteiger charge is 2.24. The zero-order chi connectivity index (χ0) is 24.3. The molecule has 0 saturated heterocycles. The Morgan fingerprint density at radius 1 is 1.03 bits per heavy atom. The van der Waals surface area contributed by atoms with Gasteiger partial charge in [-0.2, -0.15) is 0 Å². The maximum absolute atomic E-state index is 11.9. The molecule has 0 fully saturated rings. The summed E-state index contributed by atoms with van der Waals surface area (Å²) >= 11 is 0. The summed E-state index contributed by atoms with van der Waals surface area (Å²) in [7, 11) is 0. The second-order valence-electron chi connectivity index (χ2n) is 7.44. The van der Waals surface area contributed by atoms with Gasteiger partial charge in [-0.25, -0.2) is 4.79 Å². The van der Waals surface area contributed by atoms with Crippen molar-refractivity contribution in [3.63, 3.8) is 0 Å². The van der Waals surface area contributed by atoms with E-state index in [4.69, 9.17) is 9.84 Å². The zero-order valence-corrected chi connectivity index (χ0v) is 20.4. The number of benzene rings is 1. The van der Waals surface area contributed by atoms with Crippen molar-refractivity contribution in [3.05, 3.63) is 35.4 Å². The number of rotatable bonds is 11. The average Bonchev–Trinajstić information content (AvgIpc) is 2.79. The lowest BCUT2D eigenvalue weighted by Gasteiger charge is -2.26. The Morgan fingerprint density at radius 3 is 1.84 bits per heavy atom. The number of carbonyl (C=O) groups is 3. The lowest BCUT2D eigenvalue weighted by Crippen LogP contribution is -2.30. The highest BCUT2D eigenvalue weighted by Crippen LogP contribution is 2.21. The van der Waals surface area contributed by atoms with E-state index in [-0.39, 0.29) is 24.8 Å². The smallest absolute Gasteiger partial charge is 0.338 e. The summed E-state index contributed by atoms with van der Waals surface area (Å²) < 4.78 is 9.58. The Morgan fingerprint density at radius 2 is 1.55 bits per heavy atom. The second-order valence-corrected chi connectivity index (χ2v) is 7.44. The Balaban J connectivity index is 0. The number of Topliss-reactive ketones (excluding diaryl/α,β-unsaturated/α-hetero) is 1. The first kappa shape index (κ1) is 31.0. The number of ether oxygens (including phenoxy) is 2. The molecule has 0 aliphatic rings. The molecule has 0 unspecified atom stereocenters. The number of aliphatic hydroxyl groups is 1. The zero-order valence-electron chi connectivity index (χ0n) is 20.4. The van der Waals surface area contributed by atoms with Gasteiger partial charge in [-0.1, -0.05) is 52.3 Å². The van der Waals surface area contributed by atoms with Crippen molar-refractivity contribution in [1.82, 2.24) is 0 Å². The van der Waals surface area contributed by atoms with Crippen molar-refractivity contribution in [2.75, 3.05) is 13.2 Å². The standard InChI is InChI=1S/C14H20O2.C8H16O.C3H6O3/c1-5-14(4,6-2)16-13(15)12-9-7-11(3)8-10-12;1-4-7(5-2)8(9)6-3;4-1-2-6-3-5/h7-10H,5-6H2,1-4H3;7H,4-6H2,1-3H3;3-4H,1-2H2. The van der Waals surface area contributed by atoms with Gasteiger partial charge in [0.15, 0.2) is 0 Å². The lowest BCUT2D eigenvalue weighted by molar-refractivity contribution is -0.129. The summed E-state index contributed by atoms with van der Waals surface area (Å²) in [4.78, 5) is 32.1. The predicted octanol–water partition coefficient (Wildman–Crippen LogP) is 5.28. The van der Waals surface area contributed by atoms with Crippen LogP contribution < -0.4 is 0 Å². The Hall–Kier alpha value is -2.21. The van der Waals surface area contributed by atoms with Crippen LogP contribution in [0.3, 0.4) is 0 Å². The highest BCUT2D eigenvalue weighted by atomic mass is 16.6. The quantitative estimate of drug-likeness (QED) is 0.287. The summed E-state index contributed by atoms with van der Waals surface area (Å²) in [5.74, 6) is 0.515. The van der Waals surface area contributed by atoms with E-state index < -0.39 is 0 Å². The largest absolute Gasteiger partial charge is 0.465 e. The second kappa shape index (κ2) is 18.6. The van der Waals surface area contributed by atoms with Crippen molar-refractivity contribution < 1.29 is 29.0 Å². The fourth-order valence-corrected chi connectivity index (χ4v) is 2.50. The van der Waals surface area contributed by atoms with Crippen molar-refractivity contribution >= 4 is 18.2 Å². The lowest BCUT2D eigenvalue weighted by atomic mass is 9.97. The molecular formula is C25H42O6. The van der Waals surface area contributed by atoms with E-state index >= 15 is 0 Å². The SMILES string of the molecule is CCC(=O)C(CC)CC.CCC(C)(CC)OC(=O)c1ccc(C)cc1.O=COCCO. The third-order valence-electron chi connectivity index (χ3n) is 5.19. The van der Waals surface area contributed by atoms with Crippen LogP contribution >= 0.6 is 0 Å². The van der Waals surface area contributed by atoms with E-state index in [9.17, 15) is 14.4 Å². The molecule has 0 bridgehead atoms. The van der Waals surface area contributed by atoms with Gasteiger partial charge >= 0.3 is 5.97 Å². The molecule has 0 radical (unpaired) electrons. The summed E-state index contributed by atoms with van der Waals surface area (Å²) in [5, 5.41) is 7.91. The maximum Gasteiger partial charge on any atom is 0.338 e. The van der Waals surface area contributed by atoms with Crippen molar-refractivity contribution in [3.8, 4) is 0 Å². The number of ketones is 1. The van der Waals surface area contributed by atoms with Crippen LogP contribution in [-0.2, 0) is 19.1 Å². The molecule has 0 aliphatic carbocycles. The van der Waals surface area contributed by atoms with Crippen LogP contribution in [0.4, 0.5) is 0 Å². The summed E-state index contributed by atoms with van der Waals surface area (Å²) in [6.07, 6.45) is 4.38. The van der Waals surface area contributed by atoms with Crippen molar-refractivity contribution in [1.29, 1.82) is 0 Å². The van der Waals surface area contributed by atoms with Crippen LogP contribution in [0.1, 0.15) is 89.6 Å². The van der Waals surface area contributed by atoms with Gasteiger partial charge in [0.25, 0.3) is 6.47 Å². The number of aryl methyl sites for hydroxylation is 1. The molecule has 0 amide bonds. The Bertz CT molecular complexity index is 601. The van der Waals surface area contributed by atoms with Crippen LogP contribution in [0.25, 0.3) is 0 Å². The minimum absolute atomic E-state index is 0.0985. The summed E-state index contributed by atoms with van der Waals surface area (Å²) in [5.41, 5.74) is 1.42. The molecular weight excluding hydrogens is 396 g/mol. The van der Waals surface area contributed by atoms with Crippen LogP contribution in [-0.4, -0.2) is 42.1 Å². The number of esters is 1. The van der Waals surface area contributed by atoms with E-state index in [1.165, 1.54) is 0 Å². The number of hydrogen-bond acceptors (Lipinski definition) is 6. The average molecular weight is 439 g/mol. The Labute approximate surface area is 188 Å². The predicted molar refractivity (Wildman–Crippen MR) is 124 cm³/mol. The van der Waals surface area contributed by atoms with Crippen LogP contribution in [0.5, 0.6) is 0 Å². The van der Waals surface area contributed by atoms with Gasteiger partial charge in [0.1, 0.15) is 18.0 Å². The van der Waals surface area contributed by atoms with E-state index in [1.807, 2.05) is 58.9 Å². The molecule has 1 aromatic rings. The molecule has 6 nitrogen and oxygen atoms in total. The van der Waals surface area contributed by atoms with Gasteiger partial charge in [0.2, 0.25) is 0 Å². The molecule has 0 heterocycles. The number of aliphatic hydroxyl groups excluding tert-OH is 1. The van der Waals surface area contributed by atoms with Gasteiger partial charge in [0.05, 0.1) is 12.2 Å².